The number of aliphatic carboxylic acids is 1. The summed E-state index contributed by atoms with van der Waals surface area (Å²) < 4.78 is 0. The molecule has 0 aromatic carbocycles. The van der Waals surface area contributed by atoms with Crippen LogP contribution in [0, 0.1) is 5.92 Å². The molecule has 4 heteroatoms. The fourth-order valence-electron chi connectivity index (χ4n) is 1.33. The number of nitrogens with one attached hydrogen (secondary N) is 1. The third kappa shape index (κ3) is 1.50. The minimum atomic E-state index is -0.853. The lowest BCUT2D eigenvalue weighted by molar-refractivity contribution is -0.142. The van der Waals surface area contributed by atoms with Crippen LogP contribution in [0.2, 0.25) is 0 Å². The average Bonchev–Trinajstić information content (AvgIpc) is 1.86. The van der Waals surface area contributed by atoms with Gasteiger partial charge in [0.25, 0.3) is 0 Å². The van der Waals surface area contributed by atoms with E-state index in [1.165, 1.54) is 0 Å². The maximum absolute atomic E-state index is 10.7. The molecule has 0 aromatic rings. The number of hydrogen-bond acceptors (Lipinski definition) is 2. The predicted molar refractivity (Wildman–Crippen MR) is 38.0 cm³/mol. The van der Waals surface area contributed by atoms with Gasteiger partial charge >= 0.3 is 5.97 Å². The van der Waals surface area contributed by atoms with Crippen molar-refractivity contribution in [2.45, 2.75) is 25.8 Å². The van der Waals surface area contributed by atoms with Crippen LogP contribution >= 0.6 is 0 Å². The summed E-state index contributed by atoms with van der Waals surface area (Å²) in [6.07, 6.45) is 0.772. The second kappa shape index (κ2) is 2.90. The molecule has 0 unspecified atom stereocenters. The number of carboxylic acid groups (broad SMARTS) is 1. The molecule has 1 aliphatic heterocycles. The molecule has 1 heterocycles. The molecular weight excluding hydrogens is 146 g/mol. The zero-order chi connectivity index (χ0) is 8.43. The molecule has 1 rings (SSSR count). The molecule has 0 bridgehead atoms. The quantitative estimate of drug-likeness (QED) is 0.566. The summed E-state index contributed by atoms with van der Waals surface area (Å²) in [5.41, 5.74) is 0. The third-order valence-electron chi connectivity index (χ3n) is 1.98. The molecule has 2 atom stereocenters. The van der Waals surface area contributed by atoms with Gasteiger partial charge < -0.3 is 10.4 Å². The molecular formula is C7H11NO3. The molecule has 0 aliphatic carbocycles. The first-order valence-electron chi connectivity index (χ1n) is 3.67. The maximum atomic E-state index is 10.7. The van der Waals surface area contributed by atoms with Crippen molar-refractivity contribution in [1.29, 1.82) is 0 Å². The Morgan fingerprint density at radius 1 is 1.73 bits per heavy atom. The standard InChI is InChI=1S/C7H11NO3/c1-2-4-5(3-6(9)10)8-7(4)11/h4-5H,2-3H2,1H3,(H,8,11)(H,9,10)/t4-,5+/m1/s1. The summed E-state index contributed by atoms with van der Waals surface area (Å²) in [4.78, 5) is 21.0. The van der Waals surface area contributed by atoms with Crippen molar-refractivity contribution in [3.8, 4) is 0 Å². The second-order valence-electron chi connectivity index (χ2n) is 2.73. The van der Waals surface area contributed by atoms with Crippen LogP contribution in [0.15, 0.2) is 0 Å². The summed E-state index contributed by atoms with van der Waals surface area (Å²) in [7, 11) is 0. The molecule has 2 N–H and O–H groups in total. The predicted octanol–water partition coefficient (Wildman–Crippen LogP) is -0.0143. The largest absolute Gasteiger partial charge is 0.481 e. The summed E-state index contributed by atoms with van der Waals surface area (Å²) in [5, 5.41) is 11.0. The molecule has 1 fully saturated rings. The van der Waals surface area contributed by atoms with E-state index in [-0.39, 0.29) is 24.3 Å². The Hall–Kier alpha value is -1.06. The number of hydrogen-bond donors (Lipinski definition) is 2. The van der Waals surface area contributed by atoms with Crippen LogP contribution in [0.4, 0.5) is 0 Å². The first-order valence-corrected chi connectivity index (χ1v) is 3.67. The Labute approximate surface area is 64.6 Å². The van der Waals surface area contributed by atoms with Crippen molar-refractivity contribution in [3.05, 3.63) is 0 Å². The van der Waals surface area contributed by atoms with Crippen LogP contribution in [0.3, 0.4) is 0 Å². The summed E-state index contributed by atoms with van der Waals surface area (Å²) in [5.74, 6) is -0.946. The second-order valence-corrected chi connectivity index (χ2v) is 2.73. The first kappa shape index (κ1) is 8.04. The van der Waals surface area contributed by atoms with Gasteiger partial charge in [-0.1, -0.05) is 6.92 Å². The number of β-lactam (4-membered cyclic amide) rings is 1. The zero-order valence-electron chi connectivity index (χ0n) is 6.33. The van der Waals surface area contributed by atoms with Crippen LogP contribution in [0.5, 0.6) is 0 Å². The number of carbonyl (C=O) groups excluding carboxylic acids is 1. The van der Waals surface area contributed by atoms with E-state index in [9.17, 15) is 9.59 Å². The average molecular weight is 157 g/mol. The van der Waals surface area contributed by atoms with Crippen molar-refractivity contribution >= 4 is 11.9 Å². The van der Waals surface area contributed by atoms with E-state index in [2.05, 4.69) is 5.32 Å². The normalized spacial score (nSPS) is 29.0. The number of rotatable bonds is 3. The fraction of sp³-hybridized carbons (Fsp3) is 0.714. The first-order chi connectivity index (χ1) is 5.15. The minimum Gasteiger partial charge on any atom is -0.481 e. The highest BCUT2D eigenvalue weighted by Crippen LogP contribution is 2.20. The number of amides is 1. The highest BCUT2D eigenvalue weighted by atomic mass is 16.4. The molecule has 1 amide bonds. The Balaban J connectivity index is 2.38. The molecule has 0 saturated carbocycles. The van der Waals surface area contributed by atoms with Gasteiger partial charge in [-0.15, -0.1) is 0 Å². The Bertz CT molecular complexity index is 190. The van der Waals surface area contributed by atoms with Gasteiger partial charge in [-0.05, 0) is 6.42 Å². The van der Waals surface area contributed by atoms with Gasteiger partial charge in [0.15, 0.2) is 0 Å². The van der Waals surface area contributed by atoms with Gasteiger partial charge in [0.1, 0.15) is 0 Å². The number of carboxylic acids is 1. The van der Waals surface area contributed by atoms with E-state index in [4.69, 9.17) is 5.11 Å². The molecule has 0 spiro atoms. The van der Waals surface area contributed by atoms with Crippen LogP contribution in [0.1, 0.15) is 19.8 Å². The summed E-state index contributed by atoms with van der Waals surface area (Å²) >= 11 is 0. The van der Waals surface area contributed by atoms with E-state index in [0.717, 1.165) is 6.42 Å². The number of carbonyl (C=O) groups is 2. The van der Waals surface area contributed by atoms with Crippen LogP contribution in [-0.4, -0.2) is 23.0 Å². The lowest BCUT2D eigenvalue weighted by Gasteiger charge is -2.35. The molecule has 0 radical (unpaired) electrons. The minimum absolute atomic E-state index is 0.0150. The van der Waals surface area contributed by atoms with Crippen molar-refractivity contribution < 1.29 is 14.7 Å². The van der Waals surface area contributed by atoms with Gasteiger partial charge in [0.05, 0.1) is 18.4 Å². The molecule has 1 aliphatic rings. The van der Waals surface area contributed by atoms with Crippen LogP contribution in [-0.2, 0) is 9.59 Å². The van der Waals surface area contributed by atoms with E-state index in [1.807, 2.05) is 6.92 Å². The maximum Gasteiger partial charge on any atom is 0.305 e. The van der Waals surface area contributed by atoms with Crippen molar-refractivity contribution in [1.82, 2.24) is 5.32 Å². The van der Waals surface area contributed by atoms with Crippen molar-refractivity contribution in [2.24, 2.45) is 5.92 Å². The molecule has 0 aromatic heterocycles. The van der Waals surface area contributed by atoms with Gasteiger partial charge in [0.2, 0.25) is 5.91 Å². The van der Waals surface area contributed by atoms with Crippen molar-refractivity contribution in [3.63, 3.8) is 0 Å². The SMILES string of the molecule is CC[C@H]1C(=O)N[C@H]1CC(=O)O. The molecule has 1 saturated heterocycles. The van der Waals surface area contributed by atoms with Gasteiger partial charge in [-0.2, -0.15) is 0 Å². The van der Waals surface area contributed by atoms with Gasteiger partial charge in [-0.3, -0.25) is 9.59 Å². The zero-order valence-corrected chi connectivity index (χ0v) is 6.33. The summed E-state index contributed by atoms with van der Waals surface area (Å²) in [6, 6.07) is -0.134. The smallest absolute Gasteiger partial charge is 0.305 e. The van der Waals surface area contributed by atoms with Crippen molar-refractivity contribution in [2.75, 3.05) is 0 Å². The van der Waals surface area contributed by atoms with Gasteiger partial charge in [-0.25, -0.2) is 0 Å². The Kier molecular flexibility index (Phi) is 2.12. The lowest BCUT2D eigenvalue weighted by Crippen LogP contribution is -2.58. The van der Waals surface area contributed by atoms with E-state index in [0.29, 0.717) is 0 Å². The topological polar surface area (TPSA) is 66.4 Å². The highest BCUT2D eigenvalue weighted by molar-refractivity contribution is 5.87. The van der Waals surface area contributed by atoms with Gasteiger partial charge in [0, 0.05) is 0 Å². The summed E-state index contributed by atoms with van der Waals surface area (Å²) in [6.45, 7) is 1.89. The van der Waals surface area contributed by atoms with E-state index >= 15 is 0 Å². The van der Waals surface area contributed by atoms with E-state index in [1.54, 1.807) is 0 Å². The Morgan fingerprint density at radius 3 is 2.73 bits per heavy atom. The fourth-order valence-corrected chi connectivity index (χ4v) is 1.33. The Morgan fingerprint density at radius 2 is 2.36 bits per heavy atom. The highest BCUT2D eigenvalue weighted by Gasteiger charge is 2.38. The lowest BCUT2D eigenvalue weighted by atomic mass is 9.86. The molecule has 4 nitrogen and oxygen atoms in total. The monoisotopic (exact) mass is 157 g/mol. The van der Waals surface area contributed by atoms with Crippen LogP contribution in [0.25, 0.3) is 0 Å². The van der Waals surface area contributed by atoms with E-state index < -0.39 is 5.97 Å². The molecule has 62 valence electrons. The third-order valence-corrected chi connectivity index (χ3v) is 1.98. The van der Waals surface area contributed by atoms with Crippen LogP contribution < -0.4 is 5.32 Å². The molecule has 11 heavy (non-hydrogen) atoms.